The average molecular weight is 458 g/mol. The van der Waals surface area contributed by atoms with Crippen LogP contribution in [0.3, 0.4) is 0 Å². The zero-order chi connectivity index (χ0) is 24.1. The molecule has 3 aliphatic rings. The van der Waals surface area contributed by atoms with E-state index in [1.54, 1.807) is 7.11 Å². The van der Waals surface area contributed by atoms with Crippen molar-refractivity contribution in [1.82, 2.24) is 0 Å². The summed E-state index contributed by atoms with van der Waals surface area (Å²) in [6.45, 7) is 11.1. The van der Waals surface area contributed by atoms with Crippen molar-refractivity contribution < 1.29 is 19.8 Å². The van der Waals surface area contributed by atoms with E-state index >= 15 is 0 Å². The van der Waals surface area contributed by atoms with Crippen molar-refractivity contribution in [2.75, 3.05) is 7.11 Å². The van der Waals surface area contributed by atoms with Gasteiger partial charge < -0.3 is 19.8 Å². The molecule has 0 radical (unpaired) electrons. The molecule has 0 amide bonds. The molecular weight excluding hydrogens is 414 g/mol. The van der Waals surface area contributed by atoms with Crippen LogP contribution in [-0.4, -0.2) is 40.3 Å². The number of fused-ring (bicyclic) bond motifs is 1. The van der Waals surface area contributed by atoms with Crippen molar-refractivity contribution >= 4 is 5.71 Å². The van der Waals surface area contributed by atoms with Crippen molar-refractivity contribution in [3.05, 3.63) is 29.8 Å². The molecule has 2 fully saturated rings. The van der Waals surface area contributed by atoms with Gasteiger partial charge in [-0.15, -0.1) is 0 Å². The second kappa shape index (κ2) is 8.57. The molecule has 0 aromatic heterocycles. The zero-order valence-corrected chi connectivity index (χ0v) is 21.4. The first-order valence-electron chi connectivity index (χ1n) is 12.7. The monoisotopic (exact) mass is 457 g/mol. The first-order chi connectivity index (χ1) is 15.4. The third-order valence-corrected chi connectivity index (χ3v) is 9.49. The van der Waals surface area contributed by atoms with Crippen molar-refractivity contribution in [2.45, 2.75) is 103 Å². The van der Waals surface area contributed by atoms with E-state index in [-0.39, 0.29) is 17.4 Å². The van der Waals surface area contributed by atoms with Gasteiger partial charge in [-0.3, -0.25) is 0 Å². The number of aliphatic hydroxyl groups is 2. The standard InChI is InChI=1S/C28H43NO4/c1-25(2)14-7-15-26(3)22(25)12-16-27(4,30)23(26)13-17-28(5,31)24-18-21(29-33-24)19-8-10-20(32-6)11-9-19/h8-11,22-24,30-31H,7,12-18H2,1-6H3/t22-,23-,24+,26+,27-,28+/m1/s1. The number of nitrogens with zero attached hydrogens (tertiary/aromatic N) is 1. The molecule has 184 valence electrons. The number of hydrogen-bond donors (Lipinski definition) is 2. The number of oxime groups is 1. The van der Waals surface area contributed by atoms with E-state index in [9.17, 15) is 10.2 Å². The molecule has 6 atom stereocenters. The molecule has 0 saturated heterocycles. The van der Waals surface area contributed by atoms with Gasteiger partial charge in [-0.05, 0) is 105 Å². The highest BCUT2D eigenvalue weighted by molar-refractivity contribution is 6.01. The molecule has 0 unspecified atom stereocenters. The van der Waals surface area contributed by atoms with Crippen molar-refractivity contribution in [3.8, 4) is 5.75 Å². The molecular formula is C28H43NO4. The molecule has 1 heterocycles. The molecule has 5 heteroatoms. The van der Waals surface area contributed by atoms with Crippen LogP contribution in [0, 0.1) is 22.7 Å². The molecule has 0 spiro atoms. The van der Waals surface area contributed by atoms with Crippen LogP contribution in [0.2, 0.25) is 0 Å². The molecule has 1 aromatic carbocycles. The second-order valence-corrected chi connectivity index (χ2v) is 12.3. The Morgan fingerprint density at radius 3 is 2.48 bits per heavy atom. The summed E-state index contributed by atoms with van der Waals surface area (Å²) in [6.07, 6.45) is 7.15. The van der Waals surface area contributed by atoms with Gasteiger partial charge in [0.2, 0.25) is 0 Å². The highest BCUT2D eigenvalue weighted by Gasteiger charge is 2.58. The smallest absolute Gasteiger partial charge is 0.161 e. The zero-order valence-electron chi connectivity index (χ0n) is 21.4. The lowest BCUT2D eigenvalue weighted by Crippen LogP contribution is -2.58. The molecule has 5 nitrogen and oxygen atoms in total. The van der Waals surface area contributed by atoms with E-state index in [2.05, 4.69) is 25.9 Å². The fraction of sp³-hybridized carbons (Fsp3) is 0.750. The molecule has 1 aromatic rings. The predicted octanol–water partition coefficient (Wildman–Crippen LogP) is 5.71. The first-order valence-corrected chi connectivity index (χ1v) is 12.7. The van der Waals surface area contributed by atoms with Crippen LogP contribution in [0.15, 0.2) is 29.4 Å². The Kier molecular flexibility index (Phi) is 6.37. The maximum atomic E-state index is 11.5. The van der Waals surface area contributed by atoms with Crippen molar-refractivity contribution in [2.24, 2.45) is 27.8 Å². The SMILES string of the molecule is COc1ccc(C2=NO[C@H]([C@@](C)(O)CC[C@@H]3[C@@]4(C)CCCC(C)(C)[C@H]4CC[C@@]3(C)O)C2)cc1. The third kappa shape index (κ3) is 4.55. The lowest BCUT2D eigenvalue weighted by molar-refractivity contribution is -0.176. The minimum atomic E-state index is -1.01. The normalized spacial score (nSPS) is 37.5. The maximum absolute atomic E-state index is 11.5. The average Bonchev–Trinajstić information content (AvgIpc) is 3.23. The van der Waals surface area contributed by atoms with Gasteiger partial charge in [0.15, 0.2) is 6.10 Å². The Labute approximate surface area is 199 Å². The number of hydrogen-bond acceptors (Lipinski definition) is 5. The van der Waals surface area contributed by atoms with Gasteiger partial charge in [0.25, 0.3) is 0 Å². The van der Waals surface area contributed by atoms with Crippen LogP contribution >= 0.6 is 0 Å². The number of benzene rings is 1. The van der Waals surface area contributed by atoms with E-state index in [1.165, 1.54) is 12.8 Å². The summed E-state index contributed by atoms with van der Waals surface area (Å²) in [5, 5.41) is 27.2. The molecule has 33 heavy (non-hydrogen) atoms. The van der Waals surface area contributed by atoms with Gasteiger partial charge in [-0.2, -0.15) is 0 Å². The number of rotatable bonds is 6. The Morgan fingerprint density at radius 2 is 1.82 bits per heavy atom. The van der Waals surface area contributed by atoms with Crippen molar-refractivity contribution in [3.63, 3.8) is 0 Å². The van der Waals surface area contributed by atoms with E-state index in [0.29, 0.717) is 24.2 Å². The predicted molar refractivity (Wildman–Crippen MR) is 131 cm³/mol. The summed E-state index contributed by atoms with van der Waals surface area (Å²) >= 11 is 0. The van der Waals surface area contributed by atoms with Crippen LogP contribution in [0.25, 0.3) is 0 Å². The highest BCUT2D eigenvalue weighted by atomic mass is 16.7. The largest absolute Gasteiger partial charge is 0.497 e. The van der Waals surface area contributed by atoms with E-state index in [4.69, 9.17) is 9.57 Å². The van der Waals surface area contributed by atoms with Crippen molar-refractivity contribution in [1.29, 1.82) is 0 Å². The Morgan fingerprint density at radius 1 is 1.12 bits per heavy atom. The van der Waals surface area contributed by atoms with Crippen LogP contribution in [0.5, 0.6) is 5.75 Å². The summed E-state index contributed by atoms with van der Waals surface area (Å²) in [5.41, 5.74) is 0.538. The highest BCUT2D eigenvalue weighted by Crippen LogP contribution is 2.63. The van der Waals surface area contributed by atoms with Gasteiger partial charge in [0, 0.05) is 6.42 Å². The Bertz CT molecular complexity index is 872. The van der Waals surface area contributed by atoms with Crippen LogP contribution in [0.1, 0.15) is 91.5 Å². The molecule has 2 N–H and O–H groups in total. The summed E-state index contributed by atoms with van der Waals surface area (Å²) in [5.74, 6) is 1.58. The summed E-state index contributed by atoms with van der Waals surface area (Å²) in [6, 6.07) is 7.78. The second-order valence-electron chi connectivity index (χ2n) is 12.3. The lowest BCUT2D eigenvalue weighted by Gasteiger charge is -2.61. The topological polar surface area (TPSA) is 71.3 Å². The summed E-state index contributed by atoms with van der Waals surface area (Å²) in [7, 11) is 1.65. The summed E-state index contributed by atoms with van der Waals surface area (Å²) in [4.78, 5) is 5.74. The van der Waals surface area contributed by atoms with Gasteiger partial charge in [-0.25, -0.2) is 0 Å². The maximum Gasteiger partial charge on any atom is 0.161 e. The van der Waals surface area contributed by atoms with Gasteiger partial charge in [0.1, 0.15) is 11.4 Å². The third-order valence-electron chi connectivity index (χ3n) is 9.49. The molecule has 2 aliphatic carbocycles. The first kappa shape index (κ1) is 24.5. The van der Waals surface area contributed by atoms with Crippen LogP contribution in [0.4, 0.5) is 0 Å². The quantitative estimate of drug-likeness (QED) is 0.574. The number of methoxy groups -OCH3 is 1. The van der Waals surface area contributed by atoms with Gasteiger partial charge >= 0.3 is 0 Å². The molecule has 4 rings (SSSR count). The van der Waals surface area contributed by atoms with Gasteiger partial charge in [0.05, 0.1) is 18.4 Å². The van der Waals surface area contributed by atoms with Gasteiger partial charge in [-0.1, -0.05) is 32.3 Å². The van der Waals surface area contributed by atoms with E-state index in [0.717, 1.165) is 42.7 Å². The minimum Gasteiger partial charge on any atom is -0.497 e. The molecule has 2 saturated carbocycles. The lowest BCUT2D eigenvalue weighted by atomic mass is 9.45. The van der Waals surface area contributed by atoms with Crippen LogP contribution < -0.4 is 4.74 Å². The fourth-order valence-electron chi connectivity index (χ4n) is 7.53. The Balaban J connectivity index is 1.44. The van der Waals surface area contributed by atoms with E-state index in [1.807, 2.05) is 38.1 Å². The Hall–Kier alpha value is -1.59. The fourth-order valence-corrected chi connectivity index (χ4v) is 7.53. The van der Waals surface area contributed by atoms with Crippen LogP contribution in [-0.2, 0) is 4.84 Å². The summed E-state index contributed by atoms with van der Waals surface area (Å²) < 4.78 is 5.24. The number of ether oxygens (including phenoxy) is 1. The molecule has 1 aliphatic heterocycles. The molecule has 0 bridgehead atoms. The minimum absolute atomic E-state index is 0.0981. The van der Waals surface area contributed by atoms with E-state index < -0.39 is 11.2 Å².